The number of benzene rings is 1. The van der Waals surface area contributed by atoms with Crippen molar-refractivity contribution in [3.63, 3.8) is 0 Å². The first-order valence-electron chi connectivity index (χ1n) is 9.49. The molecule has 2 aromatic rings. The molecule has 6 heteroatoms. The molecular weight excluding hydrogens is 362 g/mol. The van der Waals surface area contributed by atoms with E-state index in [4.69, 9.17) is 16.3 Å². The summed E-state index contributed by atoms with van der Waals surface area (Å²) in [6.07, 6.45) is 1.35. The number of nitrogens with one attached hydrogen (secondary N) is 1. The summed E-state index contributed by atoms with van der Waals surface area (Å²) >= 11 is 6.04. The summed E-state index contributed by atoms with van der Waals surface area (Å²) in [5.41, 5.74) is 3.83. The van der Waals surface area contributed by atoms with Gasteiger partial charge in [-0.2, -0.15) is 5.10 Å². The zero-order valence-corrected chi connectivity index (χ0v) is 17.3. The molecule has 1 aliphatic heterocycles. The Labute approximate surface area is 166 Å². The quantitative estimate of drug-likeness (QED) is 0.844. The Hall–Kier alpha value is -1.85. The van der Waals surface area contributed by atoms with Gasteiger partial charge in [-0.05, 0) is 63.8 Å². The van der Waals surface area contributed by atoms with Crippen LogP contribution in [0.15, 0.2) is 24.3 Å². The summed E-state index contributed by atoms with van der Waals surface area (Å²) in [5, 5.41) is 8.46. The fourth-order valence-corrected chi connectivity index (χ4v) is 3.93. The maximum atomic E-state index is 13.3. The molecule has 1 aromatic heterocycles. The highest BCUT2D eigenvalue weighted by Gasteiger charge is 2.41. The number of carbonyl (C=O) groups excluding carboxylic acids is 1. The molecule has 146 valence electrons. The SMILES string of the molecule is Cc1nn([C@@H](C)CNC(=O)C2(c3ccc(Cl)cc3)CCOCC2)c(C)c1C. The molecule has 27 heavy (non-hydrogen) atoms. The molecule has 0 bridgehead atoms. The van der Waals surface area contributed by atoms with Crippen molar-refractivity contribution in [2.24, 2.45) is 0 Å². The predicted octanol–water partition coefficient (Wildman–Crippen LogP) is 3.89. The number of rotatable bonds is 5. The first-order valence-corrected chi connectivity index (χ1v) is 9.87. The van der Waals surface area contributed by atoms with E-state index in [1.54, 1.807) is 0 Å². The van der Waals surface area contributed by atoms with Gasteiger partial charge in [0.2, 0.25) is 5.91 Å². The maximum absolute atomic E-state index is 13.3. The lowest BCUT2D eigenvalue weighted by Crippen LogP contribution is -2.49. The lowest BCUT2D eigenvalue weighted by Gasteiger charge is -2.36. The molecule has 1 saturated heterocycles. The Morgan fingerprint density at radius 2 is 1.89 bits per heavy atom. The summed E-state index contributed by atoms with van der Waals surface area (Å²) in [6, 6.07) is 7.70. The first-order chi connectivity index (χ1) is 12.8. The third kappa shape index (κ3) is 3.90. The molecule has 2 heterocycles. The summed E-state index contributed by atoms with van der Waals surface area (Å²) in [7, 11) is 0. The van der Waals surface area contributed by atoms with Crippen LogP contribution in [0, 0.1) is 20.8 Å². The van der Waals surface area contributed by atoms with Gasteiger partial charge in [0.25, 0.3) is 0 Å². The second kappa shape index (κ2) is 8.03. The van der Waals surface area contributed by atoms with Crippen LogP contribution in [0.4, 0.5) is 0 Å². The van der Waals surface area contributed by atoms with Crippen LogP contribution in [0.1, 0.15) is 48.3 Å². The first kappa shape index (κ1) is 19.9. The molecule has 1 N–H and O–H groups in total. The maximum Gasteiger partial charge on any atom is 0.230 e. The van der Waals surface area contributed by atoms with Crippen LogP contribution in [-0.2, 0) is 14.9 Å². The minimum Gasteiger partial charge on any atom is -0.381 e. The van der Waals surface area contributed by atoms with Crippen LogP contribution in [0.2, 0.25) is 5.02 Å². The van der Waals surface area contributed by atoms with E-state index in [9.17, 15) is 4.79 Å². The Bertz CT molecular complexity index is 808. The van der Waals surface area contributed by atoms with Gasteiger partial charge in [0.1, 0.15) is 0 Å². The highest BCUT2D eigenvalue weighted by Crippen LogP contribution is 2.36. The largest absolute Gasteiger partial charge is 0.381 e. The third-order valence-electron chi connectivity index (χ3n) is 5.84. The van der Waals surface area contributed by atoms with E-state index < -0.39 is 5.41 Å². The number of hydrogen-bond acceptors (Lipinski definition) is 3. The normalized spacial score (nSPS) is 17.5. The van der Waals surface area contributed by atoms with Crippen molar-refractivity contribution in [1.82, 2.24) is 15.1 Å². The molecule has 0 aliphatic carbocycles. The molecule has 1 aromatic carbocycles. The van der Waals surface area contributed by atoms with Crippen LogP contribution >= 0.6 is 11.6 Å². The van der Waals surface area contributed by atoms with Crippen molar-refractivity contribution < 1.29 is 9.53 Å². The van der Waals surface area contributed by atoms with Crippen molar-refractivity contribution in [3.8, 4) is 0 Å². The number of halogens is 1. The van der Waals surface area contributed by atoms with Gasteiger partial charge >= 0.3 is 0 Å². The summed E-state index contributed by atoms with van der Waals surface area (Å²) in [4.78, 5) is 13.3. The van der Waals surface area contributed by atoms with Gasteiger partial charge < -0.3 is 10.1 Å². The van der Waals surface area contributed by atoms with Crippen molar-refractivity contribution in [2.75, 3.05) is 19.8 Å². The smallest absolute Gasteiger partial charge is 0.230 e. The molecular formula is C21H28ClN3O2. The van der Waals surface area contributed by atoms with Crippen molar-refractivity contribution in [1.29, 1.82) is 0 Å². The van der Waals surface area contributed by atoms with E-state index in [-0.39, 0.29) is 11.9 Å². The standard InChI is InChI=1S/C21H28ClN3O2/c1-14(25-17(4)15(2)16(3)24-25)13-23-20(26)21(9-11-27-12-10-21)18-5-7-19(22)8-6-18/h5-8,14H,9-13H2,1-4H3,(H,23,26)/t14-/m0/s1. The Kier molecular flexibility index (Phi) is 5.92. The molecule has 3 rings (SSSR count). The lowest BCUT2D eigenvalue weighted by atomic mass is 9.73. The van der Waals surface area contributed by atoms with E-state index in [2.05, 4.69) is 31.2 Å². The highest BCUT2D eigenvalue weighted by molar-refractivity contribution is 6.30. The fourth-order valence-electron chi connectivity index (χ4n) is 3.81. The van der Waals surface area contributed by atoms with Gasteiger partial charge in [-0.1, -0.05) is 23.7 Å². The van der Waals surface area contributed by atoms with Crippen LogP contribution in [0.25, 0.3) is 0 Å². The van der Waals surface area contributed by atoms with Crippen LogP contribution in [-0.4, -0.2) is 35.4 Å². The van der Waals surface area contributed by atoms with Gasteiger partial charge in [-0.15, -0.1) is 0 Å². The molecule has 0 radical (unpaired) electrons. The number of carbonyl (C=O) groups is 1. The minimum absolute atomic E-state index is 0.0539. The van der Waals surface area contributed by atoms with Crippen LogP contribution < -0.4 is 5.32 Å². The van der Waals surface area contributed by atoms with Gasteiger partial charge in [-0.3, -0.25) is 9.48 Å². The zero-order chi connectivity index (χ0) is 19.6. The average molecular weight is 390 g/mol. The van der Waals surface area contributed by atoms with E-state index in [1.807, 2.05) is 35.9 Å². The van der Waals surface area contributed by atoms with E-state index in [0.717, 1.165) is 17.0 Å². The Morgan fingerprint density at radius 3 is 2.44 bits per heavy atom. The van der Waals surface area contributed by atoms with Crippen LogP contribution in [0.3, 0.4) is 0 Å². The molecule has 0 unspecified atom stereocenters. The van der Waals surface area contributed by atoms with Gasteiger partial charge in [-0.25, -0.2) is 0 Å². The highest BCUT2D eigenvalue weighted by atomic mass is 35.5. The summed E-state index contributed by atoms with van der Waals surface area (Å²) in [5.74, 6) is 0.0539. The van der Waals surface area contributed by atoms with Crippen molar-refractivity contribution >= 4 is 17.5 Å². The Balaban J connectivity index is 1.77. The lowest BCUT2D eigenvalue weighted by molar-refractivity contribution is -0.130. The number of ether oxygens (including phenoxy) is 1. The Morgan fingerprint density at radius 1 is 1.26 bits per heavy atom. The monoisotopic (exact) mass is 389 g/mol. The van der Waals surface area contributed by atoms with E-state index in [1.165, 1.54) is 5.56 Å². The summed E-state index contributed by atoms with van der Waals surface area (Å²) in [6.45, 7) is 9.96. The topological polar surface area (TPSA) is 56.2 Å². The number of nitrogens with zero attached hydrogens (tertiary/aromatic N) is 2. The van der Waals surface area contributed by atoms with Crippen molar-refractivity contribution in [2.45, 2.75) is 52.0 Å². The second-order valence-corrected chi connectivity index (χ2v) is 7.94. The third-order valence-corrected chi connectivity index (χ3v) is 6.09. The summed E-state index contributed by atoms with van der Waals surface area (Å²) < 4.78 is 7.53. The minimum atomic E-state index is -0.562. The molecule has 5 nitrogen and oxygen atoms in total. The molecule has 1 atom stereocenters. The molecule has 0 saturated carbocycles. The van der Waals surface area contributed by atoms with E-state index in [0.29, 0.717) is 37.6 Å². The number of hydrogen-bond donors (Lipinski definition) is 1. The van der Waals surface area contributed by atoms with Gasteiger partial charge in [0, 0.05) is 30.5 Å². The molecule has 1 amide bonds. The van der Waals surface area contributed by atoms with E-state index >= 15 is 0 Å². The predicted molar refractivity (Wildman–Crippen MR) is 107 cm³/mol. The molecule has 1 aliphatic rings. The number of aryl methyl sites for hydroxylation is 1. The van der Waals surface area contributed by atoms with Gasteiger partial charge in [0.15, 0.2) is 0 Å². The van der Waals surface area contributed by atoms with Crippen LogP contribution in [0.5, 0.6) is 0 Å². The molecule has 1 fully saturated rings. The van der Waals surface area contributed by atoms with Gasteiger partial charge in [0.05, 0.1) is 17.2 Å². The average Bonchev–Trinajstić information content (AvgIpc) is 2.94. The number of aromatic nitrogens is 2. The van der Waals surface area contributed by atoms with Crippen molar-refractivity contribution in [3.05, 3.63) is 51.8 Å². The fraction of sp³-hybridized carbons (Fsp3) is 0.524. The molecule has 0 spiro atoms. The second-order valence-electron chi connectivity index (χ2n) is 7.50. The number of amides is 1. The zero-order valence-electron chi connectivity index (χ0n) is 16.5.